The van der Waals surface area contributed by atoms with Crippen molar-refractivity contribution in [2.45, 2.75) is 52.4 Å². The summed E-state index contributed by atoms with van der Waals surface area (Å²) in [7, 11) is 0. The molecule has 0 unspecified atom stereocenters. The van der Waals surface area contributed by atoms with E-state index in [0.717, 1.165) is 29.7 Å². The summed E-state index contributed by atoms with van der Waals surface area (Å²) in [5.74, 6) is -1.36. The van der Waals surface area contributed by atoms with Crippen LogP contribution in [0.3, 0.4) is 0 Å². The van der Waals surface area contributed by atoms with Gasteiger partial charge in [0, 0.05) is 47.3 Å². The standard InChI is InChI=1S/C31H34ClN3O4/c1-4-34(24-13-11-23(32)12-14-24)29(37)25-16-19-35(27-15-18-33-20-26(25)27)28(36)22-9-7-21(8-10-22)6-5-17-31(2,3)30(38)39/h7-15,18,20,25H,4-6,16-17,19H2,1-3H3,(H,38,39)/t25-/m0/s1. The van der Waals surface area contributed by atoms with Crippen LogP contribution in [0.25, 0.3) is 0 Å². The lowest BCUT2D eigenvalue weighted by Crippen LogP contribution is -2.42. The molecule has 2 heterocycles. The van der Waals surface area contributed by atoms with Gasteiger partial charge in [0.05, 0.1) is 17.0 Å². The van der Waals surface area contributed by atoms with Crippen molar-refractivity contribution < 1.29 is 19.5 Å². The second-order valence-electron chi connectivity index (χ2n) is 10.5. The molecule has 1 atom stereocenters. The van der Waals surface area contributed by atoms with Gasteiger partial charge in [0.1, 0.15) is 0 Å². The lowest BCUT2D eigenvalue weighted by molar-refractivity contribution is -0.147. The minimum absolute atomic E-state index is 0.0309. The zero-order valence-electron chi connectivity index (χ0n) is 22.6. The molecule has 0 saturated heterocycles. The highest BCUT2D eigenvalue weighted by molar-refractivity contribution is 6.30. The maximum atomic E-state index is 13.7. The molecule has 0 fully saturated rings. The van der Waals surface area contributed by atoms with Crippen LogP contribution in [0, 0.1) is 5.41 Å². The fourth-order valence-electron chi connectivity index (χ4n) is 5.00. The number of fused-ring (bicyclic) bond motifs is 1. The Kier molecular flexibility index (Phi) is 8.70. The van der Waals surface area contributed by atoms with Crippen molar-refractivity contribution in [3.63, 3.8) is 0 Å². The van der Waals surface area contributed by atoms with Crippen molar-refractivity contribution in [3.05, 3.63) is 88.7 Å². The lowest BCUT2D eigenvalue weighted by Gasteiger charge is -2.35. The van der Waals surface area contributed by atoms with Crippen LogP contribution in [0.15, 0.2) is 67.0 Å². The van der Waals surface area contributed by atoms with Crippen LogP contribution < -0.4 is 9.80 Å². The molecule has 1 aliphatic heterocycles. The van der Waals surface area contributed by atoms with Gasteiger partial charge in [-0.3, -0.25) is 19.4 Å². The molecule has 1 N–H and O–H groups in total. The van der Waals surface area contributed by atoms with Gasteiger partial charge in [0.2, 0.25) is 5.91 Å². The molecule has 8 heteroatoms. The maximum Gasteiger partial charge on any atom is 0.309 e. The van der Waals surface area contributed by atoms with E-state index in [1.54, 1.807) is 54.2 Å². The van der Waals surface area contributed by atoms with E-state index in [1.165, 1.54) is 0 Å². The van der Waals surface area contributed by atoms with Gasteiger partial charge in [-0.25, -0.2) is 0 Å². The van der Waals surface area contributed by atoms with Crippen LogP contribution in [0.5, 0.6) is 0 Å². The van der Waals surface area contributed by atoms with Crippen LogP contribution in [0.2, 0.25) is 5.02 Å². The molecule has 2 amide bonds. The van der Waals surface area contributed by atoms with Crippen molar-refractivity contribution in [2.75, 3.05) is 22.9 Å². The summed E-state index contributed by atoms with van der Waals surface area (Å²) in [5.41, 5.74) is 3.09. The van der Waals surface area contributed by atoms with E-state index in [9.17, 15) is 19.5 Å². The monoisotopic (exact) mass is 547 g/mol. The van der Waals surface area contributed by atoms with E-state index in [4.69, 9.17) is 11.6 Å². The van der Waals surface area contributed by atoms with Crippen LogP contribution in [0.1, 0.15) is 67.4 Å². The number of rotatable bonds is 9. The summed E-state index contributed by atoms with van der Waals surface area (Å²) in [6, 6.07) is 16.5. The number of carbonyl (C=O) groups is 3. The largest absolute Gasteiger partial charge is 0.481 e. The van der Waals surface area contributed by atoms with E-state index in [2.05, 4.69) is 4.98 Å². The molecule has 39 heavy (non-hydrogen) atoms. The molecule has 7 nitrogen and oxygen atoms in total. The third kappa shape index (κ3) is 6.31. The third-order valence-electron chi connectivity index (χ3n) is 7.45. The Morgan fingerprint density at radius 1 is 1.08 bits per heavy atom. The number of aromatic nitrogens is 1. The fourth-order valence-corrected chi connectivity index (χ4v) is 5.13. The number of halogens is 1. The first-order valence-electron chi connectivity index (χ1n) is 13.3. The zero-order valence-corrected chi connectivity index (χ0v) is 23.3. The predicted molar refractivity (Wildman–Crippen MR) is 154 cm³/mol. The average Bonchev–Trinajstić information content (AvgIpc) is 2.93. The van der Waals surface area contributed by atoms with Crippen molar-refractivity contribution in [2.24, 2.45) is 5.41 Å². The number of nitrogens with zero attached hydrogens (tertiary/aromatic N) is 3. The number of hydrogen-bond donors (Lipinski definition) is 1. The zero-order chi connectivity index (χ0) is 28.2. The summed E-state index contributed by atoms with van der Waals surface area (Å²) in [6.07, 6.45) is 5.90. The molecule has 0 saturated carbocycles. The number of hydrogen-bond acceptors (Lipinski definition) is 4. The molecular weight excluding hydrogens is 514 g/mol. The number of aryl methyl sites for hydroxylation is 1. The second-order valence-corrected chi connectivity index (χ2v) is 11.0. The Hall–Kier alpha value is -3.71. The van der Waals surface area contributed by atoms with E-state index in [0.29, 0.717) is 42.2 Å². The number of amides is 2. The maximum absolute atomic E-state index is 13.7. The van der Waals surface area contributed by atoms with Gasteiger partial charge in [-0.1, -0.05) is 23.7 Å². The smallest absolute Gasteiger partial charge is 0.309 e. The topological polar surface area (TPSA) is 90.8 Å². The molecule has 4 rings (SSSR count). The number of carboxylic acids is 1. The quantitative estimate of drug-likeness (QED) is 0.337. The molecule has 0 aliphatic carbocycles. The predicted octanol–water partition coefficient (Wildman–Crippen LogP) is 6.36. The van der Waals surface area contributed by atoms with Crippen LogP contribution in [-0.2, 0) is 16.0 Å². The van der Waals surface area contributed by atoms with E-state index >= 15 is 0 Å². The first-order chi connectivity index (χ1) is 18.6. The highest BCUT2D eigenvalue weighted by atomic mass is 35.5. The number of benzene rings is 2. The minimum Gasteiger partial charge on any atom is -0.481 e. The van der Waals surface area contributed by atoms with Gasteiger partial charge in [-0.15, -0.1) is 0 Å². The Bertz CT molecular complexity index is 1340. The van der Waals surface area contributed by atoms with E-state index < -0.39 is 17.3 Å². The summed E-state index contributed by atoms with van der Waals surface area (Å²) in [6.45, 7) is 6.33. The lowest BCUT2D eigenvalue weighted by atomic mass is 9.86. The van der Waals surface area contributed by atoms with Crippen LogP contribution >= 0.6 is 11.6 Å². The highest BCUT2D eigenvalue weighted by Crippen LogP contribution is 2.37. The van der Waals surface area contributed by atoms with E-state index in [-0.39, 0.29) is 11.8 Å². The molecule has 3 aromatic rings. The SMILES string of the molecule is CCN(C(=O)[C@H]1CCN(C(=O)c2ccc(CCCC(C)(C)C(=O)O)cc2)c2ccncc21)c1ccc(Cl)cc1. The number of pyridine rings is 1. The van der Waals surface area contributed by atoms with E-state index in [1.807, 2.05) is 43.3 Å². The van der Waals surface area contributed by atoms with Gasteiger partial charge in [-0.05, 0) is 94.5 Å². The number of carbonyl (C=O) groups excluding carboxylic acids is 2. The Balaban J connectivity index is 1.49. The third-order valence-corrected chi connectivity index (χ3v) is 7.70. The molecule has 0 bridgehead atoms. The molecule has 0 radical (unpaired) electrons. The number of aliphatic carboxylic acids is 1. The average molecular weight is 548 g/mol. The number of anilines is 2. The van der Waals surface area contributed by atoms with Gasteiger partial charge in [-0.2, -0.15) is 0 Å². The molecule has 1 aliphatic rings. The first kappa shape index (κ1) is 28.3. The first-order valence-corrected chi connectivity index (χ1v) is 13.6. The van der Waals surface area contributed by atoms with Crippen LogP contribution in [-0.4, -0.2) is 41.0 Å². The molecule has 2 aromatic carbocycles. The Labute approximate surface area is 234 Å². The highest BCUT2D eigenvalue weighted by Gasteiger charge is 2.35. The summed E-state index contributed by atoms with van der Waals surface area (Å²) < 4.78 is 0. The van der Waals surface area contributed by atoms with Crippen molar-refractivity contribution in [3.8, 4) is 0 Å². The van der Waals surface area contributed by atoms with Crippen molar-refractivity contribution in [1.29, 1.82) is 0 Å². The number of likely N-dealkylation sites (N-methyl/N-ethyl adjacent to an activating group) is 1. The molecular formula is C31H34ClN3O4. The Morgan fingerprint density at radius 3 is 2.41 bits per heavy atom. The van der Waals surface area contributed by atoms with Crippen molar-refractivity contribution >= 4 is 40.8 Å². The molecule has 204 valence electrons. The summed E-state index contributed by atoms with van der Waals surface area (Å²) >= 11 is 6.04. The van der Waals surface area contributed by atoms with Gasteiger partial charge >= 0.3 is 5.97 Å². The molecule has 1 aromatic heterocycles. The Morgan fingerprint density at radius 2 is 1.77 bits per heavy atom. The van der Waals surface area contributed by atoms with Crippen molar-refractivity contribution in [1.82, 2.24) is 4.98 Å². The van der Waals surface area contributed by atoms with Gasteiger partial charge in [0.15, 0.2) is 0 Å². The molecule has 0 spiro atoms. The van der Waals surface area contributed by atoms with Gasteiger partial charge in [0.25, 0.3) is 5.91 Å². The number of carboxylic acid groups (broad SMARTS) is 1. The van der Waals surface area contributed by atoms with Crippen LogP contribution in [0.4, 0.5) is 11.4 Å². The van der Waals surface area contributed by atoms with Gasteiger partial charge < -0.3 is 14.9 Å². The second kappa shape index (κ2) is 12.0. The fraction of sp³-hybridized carbons (Fsp3) is 0.355. The minimum atomic E-state index is -0.795. The normalized spacial score (nSPS) is 15.0. The summed E-state index contributed by atoms with van der Waals surface area (Å²) in [4.78, 5) is 46.3. The summed E-state index contributed by atoms with van der Waals surface area (Å²) in [5, 5.41) is 9.92.